The average Bonchev–Trinajstić information content (AvgIpc) is 2.89. The fourth-order valence-electron chi connectivity index (χ4n) is 4.58. The van der Waals surface area contributed by atoms with Crippen LogP contribution in [-0.4, -0.2) is 23.5 Å². The third-order valence-corrected chi connectivity index (χ3v) is 11.6. The van der Waals surface area contributed by atoms with Crippen molar-refractivity contribution in [3.8, 4) is 0 Å². The molecule has 250 valence electrons. The van der Waals surface area contributed by atoms with E-state index in [1.807, 2.05) is 13.8 Å². The summed E-state index contributed by atoms with van der Waals surface area (Å²) in [6.07, 6.45) is 21.0. The Morgan fingerprint density at radius 2 is 0.707 bits per heavy atom. The van der Waals surface area contributed by atoms with Crippen LogP contribution in [0, 0.1) is 0 Å². The van der Waals surface area contributed by atoms with Crippen LogP contribution in [-0.2, 0) is 35.2 Å². The molecule has 0 aliphatic carbocycles. The summed E-state index contributed by atoms with van der Waals surface area (Å²) in [6.45, 7) is 16.0. The van der Waals surface area contributed by atoms with Gasteiger partial charge in [-0.15, -0.1) is 0 Å². The van der Waals surface area contributed by atoms with E-state index >= 15 is 0 Å². The maximum absolute atomic E-state index is 12.1. The van der Waals surface area contributed by atoms with Gasteiger partial charge in [-0.25, -0.2) is 0 Å². The van der Waals surface area contributed by atoms with Gasteiger partial charge in [0.1, 0.15) is 15.2 Å². The Balaban J connectivity index is -0.000000688. The number of hydrogen-bond donors (Lipinski definition) is 0. The summed E-state index contributed by atoms with van der Waals surface area (Å²) in [5, 5.41) is 0. The van der Waals surface area contributed by atoms with Crippen LogP contribution in [0.5, 0.6) is 0 Å². The van der Waals surface area contributed by atoms with Gasteiger partial charge >= 0.3 is 17.1 Å². The zero-order chi connectivity index (χ0) is 30.9. The van der Waals surface area contributed by atoms with Crippen molar-refractivity contribution in [2.24, 2.45) is 0 Å². The molecule has 0 heterocycles. The van der Waals surface area contributed by atoms with E-state index in [1.54, 1.807) is 13.8 Å². The van der Waals surface area contributed by atoms with Crippen molar-refractivity contribution in [3.63, 3.8) is 0 Å². The Hall–Kier alpha value is 0.819. The first-order chi connectivity index (χ1) is 18.9. The van der Waals surface area contributed by atoms with Gasteiger partial charge < -0.3 is 28.0 Å². The van der Waals surface area contributed by atoms with Crippen molar-refractivity contribution >= 4 is 15.2 Å². The molecule has 0 aromatic carbocycles. The maximum atomic E-state index is 12.1. The third kappa shape index (κ3) is 28.1. The van der Waals surface area contributed by atoms with Crippen molar-refractivity contribution < 1.29 is 45.0 Å². The van der Waals surface area contributed by atoms with Gasteiger partial charge in [0, 0.05) is 11.3 Å². The van der Waals surface area contributed by atoms with Crippen molar-refractivity contribution in [1.82, 2.24) is 0 Å². The molecule has 0 aromatic heterocycles. The van der Waals surface area contributed by atoms with Gasteiger partial charge in [-0.2, -0.15) is 0 Å². The number of hydrogen-bond acceptors (Lipinski definition) is 6. The first kappa shape index (κ1) is 46.2. The second-order valence-corrected chi connectivity index (χ2v) is 16.4. The van der Waals surface area contributed by atoms with E-state index in [9.17, 15) is 18.9 Å². The fraction of sp³-hybridized carbons (Fsp3) is 1.00. The number of unbranched alkanes of at least 4 members (excludes halogenated alkanes) is 12. The van der Waals surface area contributed by atoms with Crippen LogP contribution >= 0.6 is 15.2 Å². The topological polar surface area (TPSA) is 98.7 Å². The summed E-state index contributed by atoms with van der Waals surface area (Å²) in [5.74, 6) is 0. The predicted molar refractivity (Wildman–Crippen MR) is 170 cm³/mol. The summed E-state index contributed by atoms with van der Waals surface area (Å²) < 4.78 is 34.9. The summed E-state index contributed by atoms with van der Waals surface area (Å²) in [5.41, 5.74) is -0.699. The van der Waals surface area contributed by atoms with Crippen molar-refractivity contribution in [2.45, 2.75) is 207 Å². The zero-order valence-corrected chi connectivity index (χ0v) is 31.0. The molecular formula is C32H68FeO6P2. The van der Waals surface area contributed by atoms with Crippen molar-refractivity contribution in [2.75, 3.05) is 0 Å². The standard InChI is InChI=1S/2C16H35O3P.Fe/c2*1-5-7-9-11-13-15(3)19-20(17,18)16(4)14-12-10-8-6-2;/h2*15-16H,5-14H2,1-4H3,(H,17,18);/q;;+2/p-2. The Bertz CT molecular complexity index is 598. The molecule has 6 nitrogen and oxygen atoms in total. The Morgan fingerprint density at radius 3 is 0.951 bits per heavy atom. The molecule has 6 atom stereocenters. The molecule has 0 spiro atoms. The Labute approximate surface area is 266 Å². The molecule has 0 rings (SSSR count). The van der Waals surface area contributed by atoms with E-state index in [4.69, 9.17) is 9.05 Å². The van der Waals surface area contributed by atoms with E-state index in [0.29, 0.717) is 0 Å². The molecule has 0 radical (unpaired) electrons. The smallest absolute Gasteiger partial charge is 0.778 e. The molecule has 6 unspecified atom stereocenters. The van der Waals surface area contributed by atoms with Crippen LogP contribution in [0.4, 0.5) is 0 Å². The fourth-order valence-corrected chi connectivity index (χ4v) is 7.21. The quantitative estimate of drug-likeness (QED) is 0.0518. The minimum absolute atomic E-state index is 0. The Morgan fingerprint density at radius 1 is 0.463 bits per heavy atom. The second kappa shape index (κ2) is 29.5. The number of rotatable bonds is 26. The molecule has 0 saturated carbocycles. The monoisotopic (exact) mass is 666 g/mol. The molecule has 9 heteroatoms. The molecule has 0 aromatic rings. The van der Waals surface area contributed by atoms with Crippen LogP contribution in [0.15, 0.2) is 0 Å². The summed E-state index contributed by atoms with van der Waals surface area (Å²) in [6, 6.07) is 0. The van der Waals surface area contributed by atoms with Gasteiger partial charge in [-0.3, -0.25) is 0 Å². The van der Waals surface area contributed by atoms with Crippen molar-refractivity contribution in [3.05, 3.63) is 0 Å². The maximum Gasteiger partial charge on any atom is 2.00 e. The van der Waals surface area contributed by atoms with Crippen LogP contribution in [0.3, 0.4) is 0 Å². The third-order valence-electron chi connectivity index (χ3n) is 7.61. The van der Waals surface area contributed by atoms with E-state index in [-0.39, 0.29) is 40.6 Å². The van der Waals surface area contributed by atoms with E-state index in [2.05, 4.69) is 27.7 Å². The minimum atomic E-state index is -3.69. The first-order valence-electron chi connectivity index (χ1n) is 16.9. The molecule has 0 aliphatic rings. The van der Waals surface area contributed by atoms with Gasteiger partial charge in [0.25, 0.3) is 0 Å². The largest absolute Gasteiger partial charge is 2.00 e. The second-order valence-electron chi connectivity index (χ2n) is 12.0. The van der Waals surface area contributed by atoms with Crippen LogP contribution in [0.1, 0.15) is 184 Å². The normalized spacial score (nSPS) is 17.2. The molecule has 0 aliphatic heterocycles. The zero-order valence-electron chi connectivity index (χ0n) is 28.1. The molecule has 0 N–H and O–H groups in total. The van der Waals surface area contributed by atoms with Crippen molar-refractivity contribution in [1.29, 1.82) is 0 Å². The van der Waals surface area contributed by atoms with E-state index in [0.717, 1.165) is 64.2 Å². The summed E-state index contributed by atoms with van der Waals surface area (Å²) >= 11 is 0. The Kier molecular flexibility index (Phi) is 33.3. The van der Waals surface area contributed by atoms with Gasteiger partial charge in [0.2, 0.25) is 0 Å². The molecule has 41 heavy (non-hydrogen) atoms. The molecule has 0 bridgehead atoms. The van der Waals surface area contributed by atoms with Gasteiger partial charge in [0.15, 0.2) is 0 Å². The van der Waals surface area contributed by atoms with Gasteiger partial charge in [0.05, 0.1) is 12.2 Å². The van der Waals surface area contributed by atoms with Gasteiger partial charge in [-0.1, -0.05) is 144 Å². The summed E-state index contributed by atoms with van der Waals surface area (Å²) in [4.78, 5) is 24.2. The van der Waals surface area contributed by atoms with E-state index in [1.165, 1.54) is 64.2 Å². The van der Waals surface area contributed by atoms with Gasteiger partial charge in [-0.05, 0) is 39.5 Å². The van der Waals surface area contributed by atoms with E-state index < -0.39 is 15.2 Å². The van der Waals surface area contributed by atoms with Crippen LogP contribution in [0.2, 0.25) is 0 Å². The molecule has 0 saturated heterocycles. The van der Waals surface area contributed by atoms with Crippen LogP contribution < -0.4 is 9.79 Å². The molecule has 0 fully saturated rings. The molecular weight excluding hydrogens is 598 g/mol. The minimum Gasteiger partial charge on any atom is -0.778 e. The summed E-state index contributed by atoms with van der Waals surface area (Å²) in [7, 11) is -7.39. The SMILES string of the molecule is CCCCCCC(C)OP(=O)([O-])C(C)CCCCCC.CCCCCCC(C)OP(=O)([O-])C(C)CCCCCC.[Fe+2]. The molecule has 0 amide bonds. The average molecular weight is 667 g/mol. The first-order valence-corrected chi connectivity index (χ1v) is 20.1. The van der Waals surface area contributed by atoms with Crippen LogP contribution in [0.25, 0.3) is 0 Å². The predicted octanol–water partition coefficient (Wildman–Crippen LogP) is 10.5.